The summed E-state index contributed by atoms with van der Waals surface area (Å²) in [5.41, 5.74) is 2.66. The molecule has 0 saturated carbocycles. The number of non-ortho nitro benzene ring substituents is 1. The SMILES string of the molecule is COc1cc2c(c(OC)c1)C(c1cc(Cl)cc(Cl)c1)N(C(=O)Nc1cccc([N+](=O)[O-])c1)CC2. The maximum Gasteiger partial charge on any atom is 0.322 e. The molecule has 0 saturated heterocycles. The summed E-state index contributed by atoms with van der Waals surface area (Å²) >= 11 is 12.6. The highest BCUT2D eigenvalue weighted by atomic mass is 35.5. The molecule has 34 heavy (non-hydrogen) atoms. The van der Waals surface area contributed by atoms with E-state index in [0.29, 0.717) is 45.8 Å². The van der Waals surface area contributed by atoms with E-state index in [9.17, 15) is 14.9 Å². The first-order chi connectivity index (χ1) is 16.3. The molecule has 0 aliphatic carbocycles. The second-order valence-corrected chi connectivity index (χ2v) is 8.56. The third kappa shape index (κ3) is 4.73. The van der Waals surface area contributed by atoms with Crippen LogP contribution < -0.4 is 14.8 Å². The lowest BCUT2D eigenvalue weighted by Gasteiger charge is -2.38. The van der Waals surface area contributed by atoms with Crippen molar-refractivity contribution in [2.75, 3.05) is 26.1 Å². The molecule has 10 heteroatoms. The molecule has 1 atom stereocenters. The highest BCUT2D eigenvalue weighted by Crippen LogP contribution is 2.44. The summed E-state index contributed by atoms with van der Waals surface area (Å²) < 4.78 is 11.1. The monoisotopic (exact) mass is 501 g/mol. The van der Waals surface area contributed by atoms with Gasteiger partial charge in [0.05, 0.1) is 25.2 Å². The Morgan fingerprint density at radius 2 is 1.82 bits per heavy atom. The third-order valence-corrected chi connectivity index (χ3v) is 6.07. The van der Waals surface area contributed by atoms with Crippen molar-refractivity contribution in [2.45, 2.75) is 12.5 Å². The lowest BCUT2D eigenvalue weighted by Crippen LogP contribution is -2.43. The van der Waals surface area contributed by atoms with Gasteiger partial charge in [-0.2, -0.15) is 0 Å². The van der Waals surface area contributed by atoms with Gasteiger partial charge in [0.15, 0.2) is 0 Å². The molecule has 0 spiro atoms. The van der Waals surface area contributed by atoms with Crippen LogP contribution in [0.1, 0.15) is 22.7 Å². The van der Waals surface area contributed by atoms with Crippen molar-refractivity contribution in [1.82, 2.24) is 4.90 Å². The zero-order chi connectivity index (χ0) is 24.4. The first-order valence-electron chi connectivity index (χ1n) is 10.3. The summed E-state index contributed by atoms with van der Waals surface area (Å²) in [6.07, 6.45) is 0.552. The first-order valence-corrected chi connectivity index (χ1v) is 11.1. The minimum Gasteiger partial charge on any atom is -0.497 e. The number of urea groups is 1. The number of amides is 2. The van der Waals surface area contributed by atoms with Gasteiger partial charge in [0.2, 0.25) is 0 Å². The van der Waals surface area contributed by atoms with Crippen molar-refractivity contribution < 1.29 is 19.2 Å². The van der Waals surface area contributed by atoms with E-state index in [1.165, 1.54) is 18.2 Å². The van der Waals surface area contributed by atoms with Crippen LogP contribution in [0.3, 0.4) is 0 Å². The Kier molecular flexibility index (Phi) is 6.81. The molecular weight excluding hydrogens is 481 g/mol. The van der Waals surface area contributed by atoms with E-state index < -0.39 is 17.0 Å². The Labute approximate surface area is 206 Å². The molecule has 0 radical (unpaired) electrons. The van der Waals surface area contributed by atoms with E-state index in [-0.39, 0.29) is 5.69 Å². The van der Waals surface area contributed by atoms with Crippen LogP contribution >= 0.6 is 23.2 Å². The van der Waals surface area contributed by atoms with E-state index in [1.807, 2.05) is 6.07 Å². The normalized spacial score (nSPS) is 14.8. The Balaban J connectivity index is 1.80. The van der Waals surface area contributed by atoms with E-state index in [1.54, 1.807) is 49.5 Å². The number of benzene rings is 3. The molecule has 0 fully saturated rings. The van der Waals surface area contributed by atoms with Crippen LogP contribution in [0, 0.1) is 10.1 Å². The molecule has 1 unspecified atom stereocenters. The number of hydrogen-bond donors (Lipinski definition) is 1. The minimum atomic E-state index is -0.570. The number of nitrogens with one attached hydrogen (secondary N) is 1. The van der Waals surface area contributed by atoms with Crippen LogP contribution in [0.2, 0.25) is 10.0 Å². The van der Waals surface area contributed by atoms with Crippen molar-refractivity contribution in [3.05, 3.63) is 91.4 Å². The predicted octanol–water partition coefficient (Wildman–Crippen LogP) is 6.10. The number of hydrogen-bond acceptors (Lipinski definition) is 5. The average Bonchev–Trinajstić information content (AvgIpc) is 2.81. The number of nitrogens with zero attached hydrogens (tertiary/aromatic N) is 2. The van der Waals surface area contributed by atoms with Gasteiger partial charge in [-0.15, -0.1) is 0 Å². The number of carbonyl (C=O) groups is 1. The Morgan fingerprint density at radius 1 is 1.09 bits per heavy atom. The average molecular weight is 502 g/mol. The molecule has 8 nitrogen and oxygen atoms in total. The Morgan fingerprint density at radius 3 is 2.47 bits per heavy atom. The maximum absolute atomic E-state index is 13.4. The topological polar surface area (TPSA) is 93.9 Å². The van der Waals surface area contributed by atoms with Gasteiger partial charge in [-0.3, -0.25) is 10.1 Å². The van der Waals surface area contributed by atoms with E-state index in [0.717, 1.165) is 11.1 Å². The van der Waals surface area contributed by atoms with Gasteiger partial charge < -0.3 is 19.7 Å². The number of nitro benzene ring substituents is 1. The zero-order valence-electron chi connectivity index (χ0n) is 18.4. The molecule has 176 valence electrons. The van der Waals surface area contributed by atoms with Crippen molar-refractivity contribution in [3.63, 3.8) is 0 Å². The summed E-state index contributed by atoms with van der Waals surface area (Å²) in [6, 6.07) is 13.6. The number of rotatable bonds is 5. The van der Waals surface area contributed by atoms with Gasteiger partial charge >= 0.3 is 6.03 Å². The Hall–Kier alpha value is -3.49. The second kappa shape index (κ2) is 9.79. The van der Waals surface area contributed by atoms with Gasteiger partial charge in [-0.1, -0.05) is 29.3 Å². The van der Waals surface area contributed by atoms with E-state index in [2.05, 4.69) is 5.32 Å². The van der Waals surface area contributed by atoms with Gasteiger partial charge in [0.1, 0.15) is 11.5 Å². The number of carbonyl (C=O) groups excluding carboxylic acids is 1. The van der Waals surface area contributed by atoms with Crippen LogP contribution in [0.4, 0.5) is 16.2 Å². The van der Waals surface area contributed by atoms with E-state index in [4.69, 9.17) is 32.7 Å². The molecule has 2 amide bonds. The molecule has 0 aromatic heterocycles. The number of anilines is 1. The van der Waals surface area contributed by atoms with Crippen LogP contribution in [-0.2, 0) is 6.42 Å². The summed E-state index contributed by atoms with van der Waals surface area (Å²) in [4.78, 5) is 25.7. The van der Waals surface area contributed by atoms with E-state index >= 15 is 0 Å². The van der Waals surface area contributed by atoms with Crippen molar-refractivity contribution in [2.24, 2.45) is 0 Å². The third-order valence-electron chi connectivity index (χ3n) is 5.63. The zero-order valence-corrected chi connectivity index (χ0v) is 19.9. The molecule has 1 aliphatic rings. The summed E-state index contributed by atoms with van der Waals surface area (Å²) in [5.74, 6) is 1.20. The lowest BCUT2D eigenvalue weighted by atomic mass is 9.87. The number of ether oxygens (including phenoxy) is 2. The van der Waals surface area contributed by atoms with Gasteiger partial charge in [0, 0.05) is 46.0 Å². The Bertz CT molecular complexity index is 1230. The molecule has 3 aromatic rings. The molecule has 4 rings (SSSR count). The number of fused-ring (bicyclic) bond motifs is 1. The van der Waals surface area contributed by atoms with Crippen LogP contribution in [0.25, 0.3) is 0 Å². The van der Waals surface area contributed by atoms with Crippen molar-refractivity contribution in [3.8, 4) is 11.5 Å². The fraction of sp³-hybridized carbons (Fsp3) is 0.208. The molecule has 0 bridgehead atoms. The van der Waals surface area contributed by atoms with Crippen molar-refractivity contribution in [1.29, 1.82) is 0 Å². The molecule has 1 heterocycles. The standard InChI is InChI=1S/C24H21Cl2N3O5/c1-33-20-10-14-6-7-28(24(30)27-18-4-3-5-19(12-18)29(31)32)23(22(14)21(13-20)34-2)15-8-16(25)11-17(26)9-15/h3-5,8-13,23H,6-7H2,1-2H3,(H,27,30). The number of methoxy groups -OCH3 is 2. The van der Waals surface area contributed by atoms with Crippen molar-refractivity contribution >= 4 is 40.6 Å². The fourth-order valence-electron chi connectivity index (χ4n) is 4.18. The quantitative estimate of drug-likeness (QED) is 0.336. The van der Waals surface area contributed by atoms with Crippen LogP contribution in [-0.4, -0.2) is 36.6 Å². The van der Waals surface area contributed by atoms with Crippen LogP contribution in [0.5, 0.6) is 11.5 Å². The molecule has 1 aliphatic heterocycles. The van der Waals surface area contributed by atoms with Crippen LogP contribution in [0.15, 0.2) is 54.6 Å². The largest absolute Gasteiger partial charge is 0.497 e. The smallest absolute Gasteiger partial charge is 0.322 e. The minimum absolute atomic E-state index is 0.117. The molecule has 1 N–H and O–H groups in total. The molecule has 3 aromatic carbocycles. The number of nitro groups is 1. The first kappa shape index (κ1) is 23.7. The summed E-state index contributed by atoms with van der Waals surface area (Å²) in [5, 5.41) is 14.8. The maximum atomic E-state index is 13.4. The number of halogens is 2. The molecular formula is C24H21Cl2N3O5. The highest BCUT2D eigenvalue weighted by molar-refractivity contribution is 6.34. The fourth-order valence-corrected chi connectivity index (χ4v) is 4.72. The second-order valence-electron chi connectivity index (χ2n) is 7.69. The predicted molar refractivity (Wildman–Crippen MR) is 130 cm³/mol. The van der Waals surface area contributed by atoms with Gasteiger partial charge in [0.25, 0.3) is 5.69 Å². The summed E-state index contributed by atoms with van der Waals surface area (Å²) in [6.45, 7) is 0.374. The highest BCUT2D eigenvalue weighted by Gasteiger charge is 2.35. The summed E-state index contributed by atoms with van der Waals surface area (Å²) in [7, 11) is 3.14. The van der Waals surface area contributed by atoms with Gasteiger partial charge in [-0.25, -0.2) is 4.79 Å². The lowest BCUT2D eigenvalue weighted by molar-refractivity contribution is -0.384. The van der Waals surface area contributed by atoms with Gasteiger partial charge in [-0.05, 0) is 47.9 Å².